The third-order valence-electron chi connectivity index (χ3n) is 3.17. The van der Waals surface area contributed by atoms with Crippen molar-refractivity contribution in [2.45, 2.75) is 17.9 Å². The van der Waals surface area contributed by atoms with Gasteiger partial charge in [-0.3, -0.25) is 0 Å². The van der Waals surface area contributed by atoms with Gasteiger partial charge in [-0.1, -0.05) is 0 Å². The molecule has 18 heavy (non-hydrogen) atoms. The Hall–Kier alpha value is -1.28. The number of nitrogens with one attached hydrogen (secondary N) is 1. The summed E-state index contributed by atoms with van der Waals surface area (Å²) in [5, 5.41) is 7.52. The van der Waals surface area contributed by atoms with E-state index in [0.29, 0.717) is 5.82 Å². The molecule has 1 fully saturated rings. The van der Waals surface area contributed by atoms with Crippen molar-refractivity contribution in [2.24, 2.45) is 7.05 Å². The minimum Gasteiger partial charge on any atom is -0.383 e. The van der Waals surface area contributed by atoms with Crippen LogP contribution in [0.3, 0.4) is 0 Å². The minimum absolute atomic E-state index is 0.138. The van der Waals surface area contributed by atoms with Gasteiger partial charge in [-0.2, -0.15) is 5.10 Å². The van der Waals surface area contributed by atoms with Gasteiger partial charge in [0.25, 0.3) is 0 Å². The normalized spacial score (nSPS) is 21.3. The highest BCUT2D eigenvalue weighted by atomic mass is 32.2. The number of nitrogens with two attached hydrogens (primary N) is 1. The van der Waals surface area contributed by atoms with Crippen LogP contribution in [0.1, 0.15) is 6.92 Å². The Morgan fingerprint density at radius 2 is 2.17 bits per heavy atom. The van der Waals surface area contributed by atoms with E-state index in [9.17, 15) is 8.42 Å². The first kappa shape index (κ1) is 13.2. The fourth-order valence-corrected chi connectivity index (χ4v) is 3.20. The maximum atomic E-state index is 11.9. The third-order valence-corrected chi connectivity index (χ3v) is 4.31. The summed E-state index contributed by atoms with van der Waals surface area (Å²) in [5.74, 6) is 0.657. The zero-order valence-electron chi connectivity index (χ0n) is 10.8. The number of rotatable bonds is 2. The van der Waals surface area contributed by atoms with Crippen LogP contribution < -0.4 is 16.0 Å². The monoisotopic (exact) mass is 273 g/mol. The number of hydrogen-bond donors (Lipinski definition) is 2. The second kappa shape index (κ2) is 4.43. The van der Waals surface area contributed by atoms with Crippen molar-refractivity contribution in [3.63, 3.8) is 0 Å². The van der Waals surface area contributed by atoms with Crippen molar-refractivity contribution < 1.29 is 8.42 Å². The molecule has 0 bridgehead atoms. The molecule has 1 aliphatic heterocycles. The number of anilines is 2. The lowest BCUT2D eigenvalue weighted by Gasteiger charge is -2.34. The van der Waals surface area contributed by atoms with Crippen molar-refractivity contribution in [3.05, 3.63) is 0 Å². The SMILES string of the molecule is CC1CNCCN1c1nn(C)c(N)c1S(C)(=O)=O. The molecule has 0 aliphatic carbocycles. The number of nitrogen functional groups attached to an aromatic ring is 1. The van der Waals surface area contributed by atoms with Crippen molar-refractivity contribution in [2.75, 3.05) is 36.5 Å². The first-order chi connectivity index (χ1) is 8.32. The lowest BCUT2D eigenvalue weighted by atomic mass is 10.2. The Balaban J connectivity index is 2.54. The Bertz CT molecular complexity index is 551. The molecule has 2 rings (SSSR count). The summed E-state index contributed by atoms with van der Waals surface area (Å²) in [6.07, 6.45) is 1.16. The van der Waals surface area contributed by atoms with Crippen molar-refractivity contribution >= 4 is 21.5 Å². The Labute approximate surface area is 107 Å². The van der Waals surface area contributed by atoms with Gasteiger partial charge in [0.2, 0.25) is 0 Å². The van der Waals surface area contributed by atoms with Crippen LogP contribution in [0.15, 0.2) is 4.90 Å². The Morgan fingerprint density at radius 1 is 1.50 bits per heavy atom. The zero-order chi connectivity index (χ0) is 13.5. The second-order valence-electron chi connectivity index (χ2n) is 4.68. The first-order valence-electron chi connectivity index (χ1n) is 5.82. The van der Waals surface area contributed by atoms with Crippen molar-refractivity contribution in [3.8, 4) is 0 Å². The lowest BCUT2D eigenvalue weighted by molar-refractivity contribution is 0.492. The topological polar surface area (TPSA) is 93.2 Å². The van der Waals surface area contributed by atoms with Gasteiger partial charge >= 0.3 is 0 Å². The van der Waals surface area contributed by atoms with Gasteiger partial charge in [-0.25, -0.2) is 13.1 Å². The molecular weight excluding hydrogens is 254 g/mol. The maximum Gasteiger partial charge on any atom is 0.182 e. The van der Waals surface area contributed by atoms with Gasteiger partial charge in [0.1, 0.15) is 5.82 Å². The summed E-state index contributed by atoms with van der Waals surface area (Å²) in [5.41, 5.74) is 5.82. The van der Waals surface area contributed by atoms with E-state index >= 15 is 0 Å². The van der Waals surface area contributed by atoms with Crippen LogP contribution in [0.25, 0.3) is 0 Å². The number of piperazine rings is 1. The van der Waals surface area contributed by atoms with Crippen molar-refractivity contribution in [1.29, 1.82) is 0 Å². The molecule has 7 nitrogen and oxygen atoms in total. The molecule has 0 radical (unpaired) electrons. The number of nitrogens with zero attached hydrogens (tertiary/aromatic N) is 3. The van der Waals surface area contributed by atoms with Gasteiger partial charge in [-0.05, 0) is 6.92 Å². The van der Waals surface area contributed by atoms with Gasteiger partial charge in [0.15, 0.2) is 20.6 Å². The molecule has 1 aromatic heterocycles. The number of aryl methyl sites for hydroxylation is 1. The van der Waals surface area contributed by atoms with E-state index in [1.807, 2.05) is 11.8 Å². The van der Waals surface area contributed by atoms with Gasteiger partial charge < -0.3 is 16.0 Å². The predicted molar refractivity (Wildman–Crippen MR) is 70.4 cm³/mol. The van der Waals surface area contributed by atoms with Crippen LogP contribution in [0.5, 0.6) is 0 Å². The standard InChI is InChI=1S/C10H19N5O2S/c1-7-6-12-4-5-15(7)10-8(18(3,16)17)9(11)14(2)13-10/h7,12H,4-6,11H2,1-3H3. The molecular formula is C10H19N5O2S. The van der Waals surface area contributed by atoms with Crippen LogP contribution in [0, 0.1) is 0 Å². The molecule has 0 aromatic carbocycles. The highest BCUT2D eigenvalue weighted by molar-refractivity contribution is 7.91. The number of sulfone groups is 1. The van der Waals surface area contributed by atoms with Gasteiger partial charge in [-0.15, -0.1) is 0 Å². The molecule has 0 saturated carbocycles. The van der Waals surface area contributed by atoms with Crippen LogP contribution in [-0.2, 0) is 16.9 Å². The molecule has 1 saturated heterocycles. The van der Waals surface area contributed by atoms with Crippen LogP contribution in [0.4, 0.5) is 11.6 Å². The lowest BCUT2D eigenvalue weighted by Crippen LogP contribution is -2.50. The summed E-state index contributed by atoms with van der Waals surface area (Å²) < 4.78 is 25.1. The molecule has 1 aromatic rings. The average molecular weight is 273 g/mol. The van der Waals surface area contributed by atoms with Crippen molar-refractivity contribution in [1.82, 2.24) is 15.1 Å². The first-order valence-corrected chi connectivity index (χ1v) is 7.71. The molecule has 1 unspecified atom stereocenters. The zero-order valence-corrected chi connectivity index (χ0v) is 11.7. The Kier molecular flexibility index (Phi) is 3.24. The highest BCUT2D eigenvalue weighted by Crippen LogP contribution is 2.30. The quantitative estimate of drug-likeness (QED) is 0.733. The maximum absolute atomic E-state index is 11.9. The van der Waals surface area contributed by atoms with E-state index in [0.717, 1.165) is 25.9 Å². The average Bonchev–Trinajstić information content (AvgIpc) is 2.55. The van der Waals surface area contributed by atoms with E-state index in [4.69, 9.17) is 5.73 Å². The number of aromatic nitrogens is 2. The van der Waals surface area contributed by atoms with Crippen LogP contribution in [-0.4, -0.2) is 50.1 Å². The molecule has 2 heterocycles. The molecule has 0 spiro atoms. The summed E-state index contributed by atoms with van der Waals surface area (Å²) >= 11 is 0. The van der Waals surface area contributed by atoms with Gasteiger partial charge in [0, 0.05) is 39.0 Å². The second-order valence-corrected chi connectivity index (χ2v) is 6.63. The fraction of sp³-hybridized carbons (Fsp3) is 0.700. The van der Waals surface area contributed by atoms with E-state index in [1.54, 1.807) is 7.05 Å². The summed E-state index contributed by atoms with van der Waals surface area (Å²) in [7, 11) is -1.73. The van der Waals surface area contributed by atoms with Crippen LogP contribution >= 0.6 is 0 Å². The number of hydrogen-bond acceptors (Lipinski definition) is 6. The third kappa shape index (κ3) is 2.17. The largest absolute Gasteiger partial charge is 0.383 e. The molecule has 1 aliphatic rings. The van der Waals surface area contributed by atoms with E-state index < -0.39 is 9.84 Å². The minimum atomic E-state index is -3.39. The van der Waals surface area contributed by atoms with Crippen LogP contribution in [0.2, 0.25) is 0 Å². The summed E-state index contributed by atoms with van der Waals surface area (Å²) in [6.45, 7) is 4.37. The molecule has 3 N–H and O–H groups in total. The molecule has 8 heteroatoms. The fourth-order valence-electron chi connectivity index (χ4n) is 2.20. The molecule has 0 amide bonds. The molecule has 102 valence electrons. The summed E-state index contributed by atoms with van der Waals surface area (Å²) in [4.78, 5) is 2.13. The van der Waals surface area contributed by atoms with E-state index in [-0.39, 0.29) is 16.8 Å². The smallest absolute Gasteiger partial charge is 0.182 e. The van der Waals surface area contributed by atoms with E-state index in [2.05, 4.69) is 10.4 Å². The molecule has 1 atom stereocenters. The van der Waals surface area contributed by atoms with Gasteiger partial charge in [0.05, 0.1) is 0 Å². The predicted octanol–water partition coefficient (Wildman–Crippen LogP) is -0.796. The van der Waals surface area contributed by atoms with E-state index in [1.165, 1.54) is 4.68 Å². The highest BCUT2D eigenvalue weighted by Gasteiger charge is 2.30. The summed E-state index contributed by atoms with van der Waals surface area (Å²) in [6, 6.07) is 0.188. The Morgan fingerprint density at radius 3 is 2.72 bits per heavy atom.